The van der Waals surface area contributed by atoms with Crippen molar-refractivity contribution in [1.82, 2.24) is 14.1 Å². The van der Waals surface area contributed by atoms with Gasteiger partial charge in [0.25, 0.3) is 0 Å². The molecule has 0 bridgehead atoms. The van der Waals surface area contributed by atoms with Gasteiger partial charge < -0.3 is 14.8 Å². The van der Waals surface area contributed by atoms with Crippen LogP contribution in [0.2, 0.25) is 0 Å². The SMILES string of the molecule is CC(=O)Nc1cn2cc(-c3cccc(SNCCO)c3)ccc2n1. The number of nitrogens with one attached hydrogen (secondary N) is 2. The molecule has 0 saturated heterocycles. The first-order valence-electron chi connectivity index (χ1n) is 7.53. The molecule has 3 rings (SSSR count). The van der Waals surface area contributed by atoms with Gasteiger partial charge in [-0.1, -0.05) is 12.1 Å². The number of hydrogen-bond acceptors (Lipinski definition) is 5. The number of imidazole rings is 1. The number of hydrogen-bond donors (Lipinski definition) is 3. The van der Waals surface area contributed by atoms with Crippen LogP contribution in [0.1, 0.15) is 6.92 Å². The Bertz CT molecular complexity index is 863. The molecule has 0 aliphatic rings. The highest BCUT2D eigenvalue weighted by Crippen LogP contribution is 2.25. The monoisotopic (exact) mass is 342 g/mol. The van der Waals surface area contributed by atoms with Gasteiger partial charge in [-0.2, -0.15) is 0 Å². The molecule has 0 aliphatic carbocycles. The Kier molecular flexibility index (Phi) is 5.14. The molecular weight excluding hydrogens is 324 g/mol. The largest absolute Gasteiger partial charge is 0.395 e. The second kappa shape index (κ2) is 7.48. The molecule has 0 unspecified atom stereocenters. The molecule has 0 fully saturated rings. The van der Waals surface area contributed by atoms with Gasteiger partial charge in [0, 0.05) is 24.6 Å². The maximum atomic E-state index is 11.1. The fourth-order valence-corrected chi connectivity index (χ4v) is 3.01. The number of rotatable bonds is 6. The number of pyridine rings is 1. The van der Waals surface area contributed by atoms with E-state index >= 15 is 0 Å². The zero-order valence-electron chi connectivity index (χ0n) is 13.2. The number of benzene rings is 1. The van der Waals surface area contributed by atoms with Crippen LogP contribution in [0.3, 0.4) is 0 Å². The van der Waals surface area contributed by atoms with Crippen molar-refractivity contribution in [3.05, 3.63) is 48.8 Å². The lowest BCUT2D eigenvalue weighted by molar-refractivity contribution is -0.114. The van der Waals surface area contributed by atoms with E-state index in [9.17, 15) is 4.79 Å². The summed E-state index contributed by atoms with van der Waals surface area (Å²) >= 11 is 1.49. The summed E-state index contributed by atoms with van der Waals surface area (Å²) in [6.07, 6.45) is 3.78. The molecule has 1 aromatic carbocycles. The summed E-state index contributed by atoms with van der Waals surface area (Å²) in [6, 6.07) is 12.1. The number of anilines is 1. The zero-order valence-corrected chi connectivity index (χ0v) is 14.0. The molecule has 0 spiro atoms. The minimum atomic E-state index is -0.140. The number of nitrogens with zero attached hydrogens (tertiary/aromatic N) is 2. The normalized spacial score (nSPS) is 10.9. The van der Waals surface area contributed by atoms with E-state index < -0.39 is 0 Å². The Balaban J connectivity index is 1.86. The van der Waals surface area contributed by atoms with Gasteiger partial charge in [0.2, 0.25) is 5.91 Å². The fourth-order valence-electron chi connectivity index (χ4n) is 2.32. The Morgan fingerprint density at radius 1 is 1.25 bits per heavy atom. The third kappa shape index (κ3) is 3.94. The van der Waals surface area contributed by atoms with E-state index in [2.05, 4.69) is 21.1 Å². The molecule has 6 nitrogen and oxygen atoms in total. The number of carbonyl (C=O) groups is 1. The van der Waals surface area contributed by atoms with Gasteiger partial charge in [0.1, 0.15) is 5.65 Å². The minimum Gasteiger partial charge on any atom is -0.395 e. The topological polar surface area (TPSA) is 78.7 Å². The zero-order chi connectivity index (χ0) is 16.9. The number of aromatic nitrogens is 2. The molecule has 0 atom stereocenters. The summed E-state index contributed by atoms with van der Waals surface area (Å²) in [5.74, 6) is 0.399. The van der Waals surface area contributed by atoms with Crippen molar-refractivity contribution in [3.8, 4) is 11.1 Å². The molecule has 0 saturated carbocycles. The Morgan fingerprint density at radius 2 is 2.12 bits per heavy atom. The van der Waals surface area contributed by atoms with Crippen molar-refractivity contribution in [3.63, 3.8) is 0 Å². The van der Waals surface area contributed by atoms with Crippen LogP contribution < -0.4 is 10.0 Å². The van der Waals surface area contributed by atoms with E-state index in [1.165, 1.54) is 18.9 Å². The van der Waals surface area contributed by atoms with Gasteiger partial charge in [-0.15, -0.1) is 0 Å². The summed E-state index contributed by atoms with van der Waals surface area (Å²) in [4.78, 5) is 16.6. The van der Waals surface area contributed by atoms with Gasteiger partial charge in [-0.05, 0) is 47.3 Å². The molecule has 124 valence electrons. The summed E-state index contributed by atoms with van der Waals surface area (Å²) in [5, 5.41) is 11.5. The first kappa shape index (κ1) is 16.5. The van der Waals surface area contributed by atoms with Crippen LogP contribution in [-0.4, -0.2) is 33.6 Å². The predicted octanol–water partition coefficient (Wildman–Crippen LogP) is 2.55. The maximum absolute atomic E-state index is 11.1. The van der Waals surface area contributed by atoms with Crippen molar-refractivity contribution in [2.24, 2.45) is 0 Å². The first-order chi connectivity index (χ1) is 11.7. The highest BCUT2D eigenvalue weighted by atomic mass is 32.2. The van der Waals surface area contributed by atoms with E-state index in [4.69, 9.17) is 5.11 Å². The highest BCUT2D eigenvalue weighted by Gasteiger charge is 2.05. The highest BCUT2D eigenvalue weighted by molar-refractivity contribution is 7.97. The van der Waals surface area contributed by atoms with Crippen LogP contribution in [0.5, 0.6) is 0 Å². The van der Waals surface area contributed by atoms with Crippen LogP contribution in [-0.2, 0) is 4.79 Å². The van der Waals surface area contributed by atoms with Gasteiger partial charge in [-0.3, -0.25) is 9.52 Å². The molecule has 2 heterocycles. The lowest BCUT2D eigenvalue weighted by atomic mass is 10.1. The van der Waals surface area contributed by atoms with Crippen molar-refractivity contribution in [2.75, 3.05) is 18.5 Å². The average Bonchev–Trinajstić information content (AvgIpc) is 2.96. The third-order valence-electron chi connectivity index (χ3n) is 3.33. The van der Waals surface area contributed by atoms with Crippen LogP contribution in [0.25, 0.3) is 16.8 Å². The smallest absolute Gasteiger partial charge is 0.222 e. The minimum absolute atomic E-state index is 0.112. The Hall–Kier alpha value is -2.35. The van der Waals surface area contributed by atoms with E-state index in [-0.39, 0.29) is 12.5 Å². The molecule has 2 aromatic heterocycles. The van der Waals surface area contributed by atoms with Gasteiger partial charge in [0.05, 0.1) is 12.8 Å². The second-order valence-corrected chi connectivity index (χ2v) is 6.20. The van der Waals surface area contributed by atoms with E-state index in [0.29, 0.717) is 12.4 Å². The second-order valence-electron chi connectivity index (χ2n) is 5.24. The number of carbonyl (C=O) groups excluding carboxylic acids is 1. The fraction of sp³-hybridized carbons (Fsp3) is 0.176. The average molecular weight is 342 g/mol. The number of aliphatic hydroxyl groups is 1. The van der Waals surface area contributed by atoms with Crippen molar-refractivity contribution in [1.29, 1.82) is 0 Å². The number of amides is 1. The van der Waals surface area contributed by atoms with Crippen LogP contribution >= 0.6 is 11.9 Å². The molecule has 3 N–H and O–H groups in total. The van der Waals surface area contributed by atoms with Crippen LogP contribution in [0.4, 0.5) is 5.82 Å². The van der Waals surface area contributed by atoms with Crippen LogP contribution in [0, 0.1) is 0 Å². The molecule has 0 aliphatic heterocycles. The van der Waals surface area contributed by atoms with E-state index in [1.807, 2.05) is 40.9 Å². The summed E-state index contributed by atoms with van der Waals surface area (Å²) in [6.45, 7) is 2.12. The lowest BCUT2D eigenvalue weighted by Crippen LogP contribution is -2.08. The Labute approximate surface area is 144 Å². The molecule has 0 radical (unpaired) electrons. The molecule has 24 heavy (non-hydrogen) atoms. The summed E-state index contributed by atoms with van der Waals surface area (Å²) in [7, 11) is 0. The third-order valence-corrected chi connectivity index (χ3v) is 4.16. The Morgan fingerprint density at radius 3 is 2.92 bits per heavy atom. The lowest BCUT2D eigenvalue weighted by Gasteiger charge is -2.06. The van der Waals surface area contributed by atoms with E-state index in [1.54, 1.807) is 6.20 Å². The summed E-state index contributed by atoms with van der Waals surface area (Å²) in [5.41, 5.74) is 2.92. The van der Waals surface area contributed by atoms with E-state index in [0.717, 1.165) is 21.7 Å². The van der Waals surface area contributed by atoms with Crippen molar-refractivity contribution in [2.45, 2.75) is 11.8 Å². The number of fused-ring (bicyclic) bond motifs is 1. The van der Waals surface area contributed by atoms with Gasteiger partial charge >= 0.3 is 0 Å². The quantitative estimate of drug-likeness (QED) is 0.474. The first-order valence-corrected chi connectivity index (χ1v) is 8.35. The standard InChI is InChI=1S/C17H18N4O2S/c1-12(23)19-16-11-21-10-14(5-6-17(21)20-16)13-3-2-4-15(9-13)24-18-7-8-22/h2-6,9-11,18,22H,7-8H2,1H3,(H,19,23). The molecule has 7 heteroatoms. The van der Waals surface area contributed by atoms with Crippen molar-refractivity contribution >= 4 is 29.3 Å². The molecule has 3 aromatic rings. The summed E-state index contributed by atoms with van der Waals surface area (Å²) < 4.78 is 4.99. The maximum Gasteiger partial charge on any atom is 0.222 e. The molecular formula is C17H18N4O2S. The van der Waals surface area contributed by atoms with Gasteiger partial charge in [0.15, 0.2) is 5.82 Å². The predicted molar refractivity (Wildman–Crippen MR) is 95.9 cm³/mol. The van der Waals surface area contributed by atoms with Gasteiger partial charge in [-0.25, -0.2) is 4.98 Å². The van der Waals surface area contributed by atoms with Crippen molar-refractivity contribution < 1.29 is 9.90 Å². The molecule has 1 amide bonds. The number of aliphatic hydroxyl groups excluding tert-OH is 1. The van der Waals surface area contributed by atoms with Crippen LogP contribution in [0.15, 0.2) is 53.7 Å².